The van der Waals surface area contributed by atoms with E-state index in [4.69, 9.17) is 5.73 Å². The Balaban J connectivity index is 0.00000242. The third-order valence-corrected chi connectivity index (χ3v) is 6.20. The molecule has 1 aromatic carbocycles. The standard InChI is InChI=1S/C16H26N2O2S.ClH/c1-12(2)14-7-9-15(10-8-14)21(19,20)18-11-5-4-6-16(18)13(3)17;/h7-10,12-13,16H,4-6,11,17H2,1-3H3;1H. The van der Waals surface area contributed by atoms with Crippen molar-refractivity contribution in [3.63, 3.8) is 0 Å². The van der Waals surface area contributed by atoms with Crippen LogP contribution in [0.1, 0.15) is 51.5 Å². The highest BCUT2D eigenvalue weighted by Gasteiger charge is 2.35. The van der Waals surface area contributed by atoms with E-state index in [2.05, 4.69) is 13.8 Å². The zero-order valence-electron chi connectivity index (χ0n) is 13.5. The molecule has 1 aromatic rings. The molecule has 2 rings (SSSR count). The van der Waals surface area contributed by atoms with E-state index < -0.39 is 10.0 Å². The Hall–Kier alpha value is -0.620. The SMILES string of the molecule is CC(C)c1ccc(S(=O)(=O)N2CCCCC2C(C)N)cc1.Cl. The van der Waals surface area contributed by atoms with Crippen molar-refractivity contribution in [2.75, 3.05) is 6.54 Å². The molecule has 0 saturated carbocycles. The maximum Gasteiger partial charge on any atom is 0.243 e. The number of sulfonamides is 1. The third kappa shape index (κ3) is 4.02. The van der Waals surface area contributed by atoms with E-state index in [1.807, 2.05) is 19.1 Å². The third-order valence-electron chi connectivity index (χ3n) is 4.26. The molecule has 0 aliphatic carbocycles. The van der Waals surface area contributed by atoms with Crippen molar-refractivity contribution in [2.45, 2.75) is 62.9 Å². The number of rotatable bonds is 4. The largest absolute Gasteiger partial charge is 0.326 e. The number of halogens is 1. The summed E-state index contributed by atoms with van der Waals surface area (Å²) in [5.74, 6) is 0.397. The fraction of sp³-hybridized carbons (Fsp3) is 0.625. The molecule has 1 aliphatic heterocycles. The monoisotopic (exact) mass is 346 g/mol. The summed E-state index contributed by atoms with van der Waals surface area (Å²) in [7, 11) is -3.45. The topological polar surface area (TPSA) is 63.4 Å². The lowest BCUT2D eigenvalue weighted by Crippen LogP contribution is -2.51. The first-order chi connectivity index (χ1) is 9.84. The average Bonchev–Trinajstić information content (AvgIpc) is 2.47. The van der Waals surface area contributed by atoms with Crippen LogP contribution in [0.4, 0.5) is 0 Å². The Morgan fingerprint density at radius 2 is 1.73 bits per heavy atom. The van der Waals surface area contributed by atoms with Gasteiger partial charge >= 0.3 is 0 Å². The van der Waals surface area contributed by atoms with E-state index in [1.165, 1.54) is 0 Å². The predicted molar refractivity (Wildman–Crippen MR) is 93.0 cm³/mol. The van der Waals surface area contributed by atoms with Gasteiger partial charge in [-0.2, -0.15) is 4.31 Å². The molecule has 0 bridgehead atoms. The van der Waals surface area contributed by atoms with Crippen molar-refractivity contribution >= 4 is 22.4 Å². The van der Waals surface area contributed by atoms with Crippen molar-refractivity contribution in [3.05, 3.63) is 29.8 Å². The summed E-state index contributed by atoms with van der Waals surface area (Å²) in [5.41, 5.74) is 7.14. The van der Waals surface area contributed by atoms with Gasteiger partial charge < -0.3 is 5.73 Å². The lowest BCUT2D eigenvalue weighted by molar-refractivity contribution is 0.227. The summed E-state index contributed by atoms with van der Waals surface area (Å²) in [4.78, 5) is 0.374. The first-order valence-electron chi connectivity index (χ1n) is 7.71. The molecule has 1 heterocycles. The lowest BCUT2D eigenvalue weighted by atomic mass is 10.00. The van der Waals surface area contributed by atoms with Crippen LogP contribution in [0, 0.1) is 0 Å². The summed E-state index contributed by atoms with van der Waals surface area (Å²) in [5, 5.41) is 0. The molecule has 0 amide bonds. The highest BCUT2D eigenvalue weighted by molar-refractivity contribution is 7.89. The maximum absolute atomic E-state index is 12.9. The van der Waals surface area contributed by atoms with E-state index in [0.29, 0.717) is 17.4 Å². The molecular formula is C16H27ClN2O2S. The Kier molecular flexibility index (Phi) is 6.86. The summed E-state index contributed by atoms with van der Waals surface area (Å²) in [6, 6.07) is 7.02. The second kappa shape index (κ2) is 7.77. The van der Waals surface area contributed by atoms with E-state index in [0.717, 1.165) is 24.8 Å². The minimum Gasteiger partial charge on any atom is -0.326 e. The normalized spacial score (nSPS) is 21.4. The van der Waals surface area contributed by atoms with Gasteiger partial charge in [-0.25, -0.2) is 8.42 Å². The van der Waals surface area contributed by atoms with Crippen LogP contribution >= 0.6 is 12.4 Å². The predicted octanol–water partition coefficient (Wildman–Crippen LogP) is 3.12. The minimum atomic E-state index is -3.45. The van der Waals surface area contributed by atoms with Gasteiger partial charge in [0.2, 0.25) is 10.0 Å². The highest BCUT2D eigenvalue weighted by Crippen LogP contribution is 2.27. The molecule has 2 atom stereocenters. The maximum atomic E-state index is 12.9. The molecule has 22 heavy (non-hydrogen) atoms. The summed E-state index contributed by atoms with van der Waals surface area (Å²) >= 11 is 0. The molecule has 1 saturated heterocycles. The number of hydrogen-bond acceptors (Lipinski definition) is 3. The van der Waals surface area contributed by atoms with Crippen molar-refractivity contribution < 1.29 is 8.42 Å². The van der Waals surface area contributed by atoms with Gasteiger partial charge in [-0.15, -0.1) is 12.4 Å². The van der Waals surface area contributed by atoms with Crippen LogP contribution in [0.2, 0.25) is 0 Å². The quantitative estimate of drug-likeness (QED) is 0.911. The Bertz CT molecular complexity index is 570. The van der Waals surface area contributed by atoms with Gasteiger partial charge in [-0.05, 0) is 43.4 Å². The van der Waals surface area contributed by atoms with Gasteiger partial charge in [0, 0.05) is 18.6 Å². The summed E-state index contributed by atoms with van der Waals surface area (Å²) in [6.07, 6.45) is 2.80. The van der Waals surface area contributed by atoms with Crippen LogP contribution < -0.4 is 5.73 Å². The molecule has 6 heteroatoms. The van der Waals surface area contributed by atoms with Crippen molar-refractivity contribution in [1.29, 1.82) is 0 Å². The molecule has 2 N–H and O–H groups in total. The molecular weight excluding hydrogens is 320 g/mol. The zero-order valence-corrected chi connectivity index (χ0v) is 15.2. The number of piperidine rings is 1. The number of hydrogen-bond donors (Lipinski definition) is 1. The second-order valence-corrected chi connectivity index (χ2v) is 8.15. The van der Waals surface area contributed by atoms with E-state index in [1.54, 1.807) is 16.4 Å². The molecule has 0 aromatic heterocycles. The van der Waals surface area contributed by atoms with E-state index in [-0.39, 0.29) is 24.5 Å². The molecule has 1 fully saturated rings. The number of nitrogens with two attached hydrogens (primary N) is 1. The molecule has 0 radical (unpaired) electrons. The van der Waals surface area contributed by atoms with E-state index >= 15 is 0 Å². The van der Waals surface area contributed by atoms with Crippen LogP contribution in [-0.2, 0) is 10.0 Å². The van der Waals surface area contributed by atoms with Gasteiger partial charge in [0.25, 0.3) is 0 Å². The average molecular weight is 347 g/mol. The summed E-state index contributed by atoms with van der Waals surface area (Å²) < 4.78 is 27.3. The van der Waals surface area contributed by atoms with E-state index in [9.17, 15) is 8.42 Å². The van der Waals surface area contributed by atoms with Crippen LogP contribution in [-0.4, -0.2) is 31.4 Å². The Labute approximate surface area is 140 Å². The molecule has 126 valence electrons. The van der Waals surface area contributed by atoms with Gasteiger partial charge in [0.15, 0.2) is 0 Å². The molecule has 0 spiro atoms. The van der Waals surface area contributed by atoms with Crippen LogP contribution in [0.5, 0.6) is 0 Å². The fourth-order valence-corrected chi connectivity index (χ4v) is 4.69. The highest BCUT2D eigenvalue weighted by atomic mass is 35.5. The Morgan fingerprint density at radius 3 is 2.23 bits per heavy atom. The molecule has 1 aliphatic rings. The zero-order chi connectivity index (χ0) is 15.6. The van der Waals surface area contributed by atoms with Crippen LogP contribution in [0.3, 0.4) is 0 Å². The summed E-state index contributed by atoms with van der Waals surface area (Å²) in [6.45, 7) is 6.65. The number of benzene rings is 1. The first-order valence-corrected chi connectivity index (χ1v) is 9.15. The van der Waals surface area contributed by atoms with Gasteiger partial charge in [0.05, 0.1) is 4.90 Å². The molecule has 2 unspecified atom stereocenters. The van der Waals surface area contributed by atoms with Crippen molar-refractivity contribution in [2.24, 2.45) is 5.73 Å². The Morgan fingerprint density at radius 1 is 1.14 bits per heavy atom. The first kappa shape index (κ1) is 19.4. The second-order valence-electron chi connectivity index (χ2n) is 6.26. The van der Waals surface area contributed by atoms with Gasteiger partial charge in [0.1, 0.15) is 0 Å². The van der Waals surface area contributed by atoms with Gasteiger partial charge in [-0.3, -0.25) is 0 Å². The van der Waals surface area contributed by atoms with Crippen molar-refractivity contribution in [3.8, 4) is 0 Å². The van der Waals surface area contributed by atoms with Crippen LogP contribution in [0.15, 0.2) is 29.2 Å². The smallest absolute Gasteiger partial charge is 0.243 e. The lowest BCUT2D eigenvalue weighted by Gasteiger charge is -2.36. The molecule has 4 nitrogen and oxygen atoms in total. The van der Waals surface area contributed by atoms with Crippen molar-refractivity contribution in [1.82, 2.24) is 4.31 Å². The minimum absolute atomic E-state index is 0. The van der Waals surface area contributed by atoms with Crippen LogP contribution in [0.25, 0.3) is 0 Å². The fourth-order valence-electron chi connectivity index (χ4n) is 2.91. The van der Waals surface area contributed by atoms with Gasteiger partial charge in [-0.1, -0.05) is 32.4 Å². The number of nitrogens with zero attached hydrogens (tertiary/aromatic N) is 1.